The molecule has 1 aromatic heterocycles. The molecule has 0 unspecified atom stereocenters. The molecule has 0 spiro atoms. The molecule has 0 radical (unpaired) electrons. The predicted molar refractivity (Wildman–Crippen MR) is 153 cm³/mol. The van der Waals surface area contributed by atoms with Crippen LogP contribution in [0.5, 0.6) is 5.75 Å². The second kappa shape index (κ2) is 13.4. The van der Waals surface area contributed by atoms with Crippen LogP contribution >= 0.6 is 23.4 Å². The molecule has 0 amide bonds. The monoisotopic (exact) mass is 594 g/mol. The third kappa shape index (κ3) is 7.83. The number of aromatic nitrogens is 1. The number of carboxylic acid groups (broad SMARTS) is 1. The van der Waals surface area contributed by atoms with Gasteiger partial charge >= 0.3 is 12.1 Å². The normalized spacial score (nSPS) is 15.8. The van der Waals surface area contributed by atoms with Gasteiger partial charge in [-0.15, -0.1) is 11.8 Å². The Hall–Kier alpha value is -2.49. The number of carboxylic acids is 1. The Morgan fingerprint density at radius 3 is 2.62 bits per heavy atom. The molecule has 0 aliphatic carbocycles. The number of hydrogen-bond donors (Lipinski definition) is 1. The predicted octanol–water partition coefficient (Wildman–Crippen LogP) is 7.98. The van der Waals surface area contributed by atoms with Crippen molar-refractivity contribution >= 4 is 40.2 Å². The summed E-state index contributed by atoms with van der Waals surface area (Å²) in [6, 6.07) is 11.4. The molecule has 0 atom stereocenters. The SMILES string of the molecule is COc1ccc2ncc(Cl)c(CCCC3(CC(=O)O)CCN(CCCSc4ccccc4C(F)(F)F)CC3)c2c1. The van der Waals surface area contributed by atoms with E-state index < -0.39 is 17.7 Å². The van der Waals surface area contributed by atoms with Crippen molar-refractivity contribution in [2.45, 2.75) is 56.0 Å². The molecule has 40 heavy (non-hydrogen) atoms. The van der Waals surface area contributed by atoms with Gasteiger partial charge in [0.2, 0.25) is 0 Å². The molecule has 1 aliphatic heterocycles. The standard InChI is InChI=1S/C30H34ClF3N2O3S/c1-39-21-9-10-26-23(18-21)22(25(31)20-35-26)6-4-11-29(19-28(37)38)12-15-36(16-13-29)14-5-17-40-27-8-3-2-7-24(27)30(32,33)34/h2-3,7-10,18,20H,4-6,11-17,19H2,1H3,(H,37,38). The van der Waals surface area contributed by atoms with Gasteiger partial charge < -0.3 is 14.7 Å². The number of pyridine rings is 1. The second-order valence-electron chi connectivity index (χ2n) is 10.4. The highest BCUT2D eigenvalue weighted by atomic mass is 35.5. The van der Waals surface area contributed by atoms with Gasteiger partial charge in [0.1, 0.15) is 5.75 Å². The van der Waals surface area contributed by atoms with Crippen molar-refractivity contribution in [2.24, 2.45) is 5.41 Å². The van der Waals surface area contributed by atoms with Crippen LogP contribution in [-0.4, -0.2) is 53.5 Å². The van der Waals surface area contributed by atoms with Gasteiger partial charge in [0.25, 0.3) is 0 Å². The lowest BCUT2D eigenvalue weighted by Crippen LogP contribution is -2.41. The number of carbonyl (C=O) groups is 1. The van der Waals surface area contributed by atoms with Crippen molar-refractivity contribution in [1.29, 1.82) is 0 Å². The fourth-order valence-electron chi connectivity index (χ4n) is 5.61. The number of halogens is 4. The van der Waals surface area contributed by atoms with Crippen LogP contribution in [0.4, 0.5) is 13.2 Å². The second-order valence-corrected chi connectivity index (χ2v) is 12.0. The molecular formula is C30H34ClF3N2O3S. The van der Waals surface area contributed by atoms with Crippen molar-refractivity contribution in [1.82, 2.24) is 9.88 Å². The van der Waals surface area contributed by atoms with E-state index in [4.69, 9.17) is 16.3 Å². The molecule has 1 aliphatic rings. The Balaban J connectivity index is 1.30. The molecule has 2 heterocycles. The summed E-state index contributed by atoms with van der Waals surface area (Å²) < 4.78 is 45.1. The zero-order chi connectivity index (χ0) is 28.8. The Bertz CT molecular complexity index is 1310. The van der Waals surface area contributed by atoms with E-state index in [0.29, 0.717) is 17.2 Å². The summed E-state index contributed by atoms with van der Waals surface area (Å²) >= 11 is 7.76. The summed E-state index contributed by atoms with van der Waals surface area (Å²) in [6.07, 6.45) is 2.06. The molecule has 5 nitrogen and oxygen atoms in total. The van der Waals surface area contributed by atoms with Crippen LogP contribution in [0.3, 0.4) is 0 Å². The van der Waals surface area contributed by atoms with Crippen molar-refractivity contribution in [3.8, 4) is 5.75 Å². The van der Waals surface area contributed by atoms with Crippen LogP contribution < -0.4 is 4.74 Å². The Morgan fingerprint density at radius 1 is 1.18 bits per heavy atom. The van der Waals surface area contributed by atoms with E-state index in [1.165, 1.54) is 23.9 Å². The number of methoxy groups -OCH3 is 1. The summed E-state index contributed by atoms with van der Waals surface area (Å²) in [5.41, 5.74) is 0.971. The minimum absolute atomic E-state index is 0.129. The van der Waals surface area contributed by atoms with Gasteiger partial charge in [0, 0.05) is 16.5 Å². The van der Waals surface area contributed by atoms with Gasteiger partial charge in [0.05, 0.1) is 29.6 Å². The lowest BCUT2D eigenvalue weighted by molar-refractivity contribution is -0.141. The summed E-state index contributed by atoms with van der Waals surface area (Å²) in [4.78, 5) is 18.8. The molecule has 2 aromatic carbocycles. The highest BCUT2D eigenvalue weighted by Crippen LogP contribution is 2.41. The van der Waals surface area contributed by atoms with E-state index in [-0.39, 0.29) is 16.7 Å². The van der Waals surface area contributed by atoms with Gasteiger partial charge in [-0.05, 0) is 105 Å². The van der Waals surface area contributed by atoms with Crippen molar-refractivity contribution in [3.63, 3.8) is 0 Å². The van der Waals surface area contributed by atoms with Crippen LogP contribution in [0.2, 0.25) is 5.02 Å². The molecule has 10 heteroatoms. The minimum atomic E-state index is -4.35. The quantitative estimate of drug-likeness (QED) is 0.169. The van der Waals surface area contributed by atoms with E-state index >= 15 is 0 Å². The van der Waals surface area contributed by atoms with E-state index in [1.807, 2.05) is 18.2 Å². The number of rotatable bonds is 12. The molecule has 4 rings (SSSR count). The van der Waals surface area contributed by atoms with E-state index in [1.54, 1.807) is 19.4 Å². The van der Waals surface area contributed by atoms with Crippen molar-refractivity contribution < 1.29 is 27.8 Å². The first-order valence-electron chi connectivity index (χ1n) is 13.4. The fraction of sp³-hybridized carbons (Fsp3) is 0.467. The maximum Gasteiger partial charge on any atom is 0.417 e. The largest absolute Gasteiger partial charge is 0.497 e. The van der Waals surface area contributed by atoms with Gasteiger partial charge in [-0.1, -0.05) is 23.7 Å². The number of alkyl halides is 3. The summed E-state index contributed by atoms with van der Waals surface area (Å²) in [5, 5.41) is 11.2. The van der Waals surface area contributed by atoms with E-state index in [0.717, 1.165) is 80.0 Å². The number of piperidine rings is 1. The minimum Gasteiger partial charge on any atom is -0.497 e. The number of benzene rings is 2. The topological polar surface area (TPSA) is 62.7 Å². The van der Waals surface area contributed by atoms with Gasteiger partial charge in [0.15, 0.2) is 0 Å². The molecule has 1 N–H and O–H groups in total. The number of hydrogen-bond acceptors (Lipinski definition) is 5. The number of ether oxygens (including phenoxy) is 1. The first kappa shape index (κ1) is 30.5. The highest BCUT2D eigenvalue weighted by Gasteiger charge is 2.36. The number of fused-ring (bicyclic) bond motifs is 1. The summed E-state index contributed by atoms with van der Waals surface area (Å²) in [6.45, 7) is 2.35. The van der Waals surface area contributed by atoms with Crippen LogP contribution in [0.15, 0.2) is 53.6 Å². The molecule has 3 aromatic rings. The van der Waals surface area contributed by atoms with Crippen LogP contribution in [0, 0.1) is 5.41 Å². The lowest BCUT2D eigenvalue weighted by Gasteiger charge is -2.41. The third-order valence-corrected chi connectivity index (χ3v) is 9.27. The van der Waals surface area contributed by atoms with Crippen molar-refractivity contribution in [3.05, 3.63) is 64.8 Å². The van der Waals surface area contributed by atoms with Crippen LogP contribution in [0.1, 0.15) is 49.7 Å². The van der Waals surface area contributed by atoms with Crippen molar-refractivity contribution in [2.75, 3.05) is 32.5 Å². The molecular weight excluding hydrogens is 561 g/mol. The number of nitrogens with zero attached hydrogens (tertiary/aromatic N) is 2. The fourth-order valence-corrected chi connectivity index (χ4v) is 6.86. The molecule has 0 bridgehead atoms. The van der Waals surface area contributed by atoms with Gasteiger partial charge in [-0.25, -0.2) is 0 Å². The van der Waals surface area contributed by atoms with Gasteiger partial charge in [-0.2, -0.15) is 13.2 Å². The van der Waals surface area contributed by atoms with Crippen LogP contribution in [0.25, 0.3) is 10.9 Å². The number of aliphatic carboxylic acids is 1. The average Bonchev–Trinajstić information content (AvgIpc) is 2.92. The number of likely N-dealkylation sites (tertiary alicyclic amines) is 1. The summed E-state index contributed by atoms with van der Waals surface area (Å²) in [5.74, 6) is 0.538. The van der Waals surface area contributed by atoms with Crippen LogP contribution in [-0.2, 0) is 17.4 Å². The zero-order valence-corrected chi connectivity index (χ0v) is 24.0. The lowest BCUT2D eigenvalue weighted by atomic mass is 9.72. The maximum absolute atomic E-state index is 13.2. The molecule has 1 fully saturated rings. The Morgan fingerprint density at radius 2 is 1.93 bits per heavy atom. The third-order valence-electron chi connectivity index (χ3n) is 7.78. The molecule has 1 saturated heterocycles. The Kier molecular flexibility index (Phi) is 10.2. The highest BCUT2D eigenvalue weighted by molar-refractivity contribution is 7.99. The molecule has 0 saturated carbocycles. The van der Waals surface area contributed by atoms with E-state index in [2.05, 4.69) is 9.88 Å². The first-order valence-corrected chi connectivity index (χ1v) is 14.8. The Labute approximate surface area is 242 Å². The molecule has 216 valence electrons. The smallest absolute Gasteiger partial charge is 0.417 e. The summed E-state index contributed by atoms with van der Waals surface area (Å²) in [7, 11) is 1.62. The number of aryl methyl sites for hydroxylation is 1. The number of thioether (sulfide) groups is 1. The van der Waals surface area contributed by atoms with Gasteiger partial charge in [-0.3, -0.25) is 9.78 Å². The zero-order valence-electron chi connectivity index (χ0n) is 22.5. The first-order chi connectivity index (χ1) is 19.1. The van der Waals surface area contributed by atoms with E-state index in [9.17, 15) is 23.1 Å². The maximum atomic E-state index is 13.2. The average molecular weight is 595 g/mol.